The third-order valence-electron chi connectivity index (χ3n) is 1.80. The summed E-state index contributed by atoms with van der Waals surface area (Å²) in [4.78, 5) is 22.8. The van der Waals surface area contributed by atoms with Gasteiger partial charge in [0.2, 0.25) is 5.83 Å². The van der Waals surface area contributed by atoms with Crippen LogP contribution >= 0.6 is 0 Å². The Labute approximate surface area is 114 Å². The zero-order valence-corrected chi connectivity index (χ0v) is 10.1. The van der Waals surface area contributed by atoms with Gasteiger partial charge in [0, 0.05) is 0 Å². The fourth-order valence-corrected chi connectivity index (χ4v) is 0.907. The number of ether oxygens (including phenoxy) is 1. The Balaban J connectivity index is 4.75. The lowest BCUT2D eigenvalue weighted by Crippen LogP contribution is -2.38. The maximum Gasteiger partial charge on any atom is 0.445 e. The summed E-state index contributed by atoms with van der Waals surface area (Å²) < 4.78 is 64.1. The smallest absolute Gasteiger partial charge is 0.445 e. The highest BCUT2D eigenvalue weighted by Crippen LogP contribution is 2.29. The second-order valence-corrected chi connectivity index (χ2v) is 3.27. The van der Waals surface area contributed by atoms with Crippen molar-refractivity contribution in [3.05, 3.63) is 11.7 Å². The minimum absolute atomic E-state index is 0.407. The highest BCUT2D eigenvalue weighted by Gasteiger charge is 2.38. The van der Waals surface area contributed by atoms with Gasteiger partial charge in [-0.1, -0.05) is 0 Å². The number of esters is 1. The van der Waals surface area contributed by atoms with Crippen molar-refractivity contribution in [1.29, 1.82) is 10.5 Å². The third-order valence-corrected chi connectivity index (χ3v) is 1.80. The molecule has 0 aromatic rings. The lowest BCUT2D eigenvalue weighted by Gasteiger charge is -2.14. The number of carbonyl (C=O) groups is 2. The van der Waals surface area contributed by atoms with E-state index in [1.807, 2.05) is 0 Å². The zero-order valence-electron chi connectivity index (χ0n) is 10.1. The highest BCUT2D eigenvalue weighted by molar-refractivity contribution is 6.32. The standard InChI is InChI=1S/C10H6F5N3O3/c11-6(7(12)10(13,14)15)5-21-9(20)8(19)18(3-1-16)4-2-17/h3-5H2/b7-6+. The number of amides is 1. The summed E-state index contributed by atoms with van der Waals surface area (Å²) in [6, 6.07) is 2.89. The van der Waals surface area contributed by atoms with Crippen molar-refractivity contribution in [3.63, 3.8) is 0 Å². The van der Waals surface area contributed by atoms with E-state index in [4.69, 9.17) is 10.5 Å². The molecule has 0 aliphatic rings. The number of allylic oxidation sites excluding steroid dienone is 1. The number of hydrogen-bond donors (Lipinski definition) is 0. The van der Waals surface area contributed by atoms with Crippen molar-refractivity contribution >= 4 is 11.9 Å². The number of carbonyl (C=O) groups excluding carboxylic acids is 2. The minimum Gasteiger partial charge on any atom is -0.451 e. The molecule has 6 nitrogen and oxygen atoms in total. The Kier molecular flexibility index (Phi) is 6.79. The SMILES string of the molecule is N#CCN(CC#N)C(=O)C(=O)OC/C(F)=C(\F)C(F)(F)F. The average Bonchev–Trinajstić information content (AvgIpc) is 2.41. The first-order chi connectivity index (χ1) is 9.65. The molecule has 11 heteroatoms. The first-order valence-corrected chi connectivity index (χ1v) is 4.96. The first-order valence-electron chi connectivity index (χ1n) is 4.96. The van der Waals surface area contributed by atoms with Gasteiger partial charge in [0.05, 0.1) is 12.1 Å². The molecule has 0 saturated carbocycles. The molecule has 0 bridgehead atoms. The van der Waals surface area contributed by atoms with Gasteiger partial charge in [0.1, 0.15) is 19.7 Å². The minimum atomic E-state index is -5.59. The topological polar surface area (TPSA) is 94.2 Å². The average molecular weight is 311 g/mol. The maximum absolute atomic E-state index is 12.7. The van der Waals surface area contributed by atoms with Crippen LogP contribution in [-0.2, 0) is 14.3 Å². The number of nitriles is 2. The quantitative estimate of drug-likeness (QED) is 0.335. The normalized spacial score (nSPS) is 11.8. The predicted octanol–water partition coefficient (Wildman–Crippen LogP) is 1.12. The number of alkyl halides is 3. The van der Waals surface area contributed by atoms with E-state index in [2.05, 4.69) is 4.74 Å². The third kappa shape index (κ3) is 5.86. The van der Waals surface area contributed by atoms with Crippen LogP contribution in [0.1, 0.15) is 0 Å². The molecule has 0 N–H and O–H groups in total. The van der Waals surface area contributed by atoms with Crippen LogP contribution < -0.4 is 0 Å². The van der Waals surface area contributed by atoms with Gasteiger partial charge >= 0.3 is 18.1 Å². The van der Waals surface area contributed by atoms with Gasteiger partial charge in [-0.15, -0.1) is 0 Å². The summed E-state index contributed by atoms with van der Waals surface area (Å²) in [5.74, 6) is -8.88. The van der Waals surface area contributed by atoms with Crippen molar-refractivity contribution in [1.82, 2.24) is 4.90 Å². The van der Waals surface area contributed by atoms with Gasteiger partial charge in [-0.25, -0.2) is 9.18 Å². The van der Waals surface area contributed by atoms with Gasteiger partial charge in [0.25, 0.3) is 0 Å². The molecule has 0 aliphatic heterocycles. The van der Waals surface area contributed by atoms with E-state index in [-0.39, 0.29) is 0 Å². The fourth-order valence-electron chi connectivity index (χ4n) is 0.907. The van der Waals surface area contributed by atoms with E-state index in [0.29, 0.717) is 4.90 Å². The van der Waals surface area contributed by atoms with Gasteiger partial charge in [-0.3, -0.25) is 4.79 Å². The van der Waals surface area contributed by atoms with E-state index in [1.165, 1.54) is 12.1 Å². The summed E-state index contributed by atoms with van der Waals surface area (Å²) in [6.07, 6.45) is -5.59. The molecule has 0 aliphatic carbocycles. The maximum atomic E-state index is 12.7. The molecule has 1 amide bonds. The molecular formula is C10H6F5N3O3. The van der Waals surface area contributed by atoms with E-state index >= 15 is 0 Å². The second kappa shape index (κ2) is 7.79. The molecule has 0 saturated heterocycles. The predicted molar refractivity (Wildman–Crippen MR) is 54.1 cm³/mol. The van der Waals surface area contributed by atoms with Gasteiger partial charge < -0.3 is 9.64 Å². The van der Waals surface area contributed by atoms with Crippen molar-refractivity contribution in [2.75, 3.05) is 19.7 Å². The Hall–Kier alpha value is -2.69. The van der Waals surface area contributed by atoms with Crippen LogP contribution in [0.25, 0.3) is 0 Å². The lowest BCUT2D eigenvalue weighted by atomic mass is 10.4. The molecule has 0 spiro atoms. The Morgan fingerprint density at radius 3 is 1.95 bits per heavy atom. The van der Waals surface area contributed by atoms with Crippen LogP contribution in [0, 0.1) is 22.7 Å². The molecule has 0 unspecified atom stereocenters. The monoisotopic (exact) mass is 311 g/mol. The number of halogens is 5. The molecular weight excluding hydrogens is 305 g/mol. The number of rotatable bonds is 4. The molecule has 0 heterocycles. The van der Waals surface area contributed by atoms with Crippen LogP contribution in [0.5, 0.6) is 0 Å². The summed E-state index contributed by atoms with van der Waals surface area (Å²) in [7, 11) is 0. The number of nitrogens with zero attached hydrogens (tertiary/aromatic N) is 3. The molecule has 0 rings (SSSR count). The van der Waals surface area contributed by atoms with E-state index < -0.39 is 49.4 Å². The summed E-state index contributed by atoms with van der Waals surface area (Å²) in [5, 5.41) is 16.7. The van der Waals surface area contributed by atoms with Crippen LogP contribution in [0.4, 0.5) is 22.0 Å². The fraction of sp³-hybridized carbons (Fsp3) is 0.400. The van der Waals surface area contributed by atoms with Crippen LogP contribution in [-0.4, -0.2) is 42.6 Å². The molecule has 21 heavy (non-hydrogen) atoms. The van der Waals surface area contributed by atoms with Crippen molar-refractivity contribution in [2.24, 2.45) is 0 Å². The highest BCUT2D eigenvalue weighted by atomic mass is 19.4. The van der Waals surface area contributed by atoms with Gasteiger partial charge in [-0.2, -0.15) is 28.1 Å². The molecule has 0 atom stereocenters. The zero-order chi connectivity index (χ0) is 16.6. The second-order valence-electron chi connectivity index (χ2n) is 3.27. The van der Waals surface area contributed by atoms with Crippen LogP contribution in [0.2, 0.25) is 0 Å². The Bertz CT molecular complexity index is 514. The summed E-state index contributed by atoms with van der Waals surface area (Å²) in [6.45, 7) is -3.09. The first kappa shape index (κ1) is 18.3. The van der Waals surface area contributed by atoms with Gasteiger partial charge in [-0.05, 0) is 0 Å². The lowest BCUT2D eigenvalue weighted by molar-refractivity contribution is -0.159. The molecule has 114 valence electrons. The summed E-state index contributed by atoms with van der Waals surface area (Å²) in [5.41, 5.74) is 0. The molecule has 0 fully saturated rings. The molecule has 0 aromatic heterocycles. The largest absolute Gasteiger partial charge is 0.451 e. The van der Waals surface area contributed by atoms with E-state index in [1.54, 1.807) is 0 Å². The van der Waals surface area contributed by atoms with E-state index in [0.717, 1.165) is 0 Å². The Morgan fingerprint density at radius 2 is 1.57 bits per heavy atom. The van der Waals surface area contributed by atoms with Crippen LogP contribution in [0.15, 0.2) is 11.7 Å². The van der Waals surface area contributed by atoms with Crippen molar-refractivity contribution < 1.29 is 36.3 Å². The van der Waals surface area contributed by atoms with E-state index in [9.17, 15) is 31.5 Å². The molecule has 0 aromatic carbocycles. The van der Waals surface area contributed by atoms with Crippen molar-refractivity contribution in [3.8, 4) is 12.1 Å². The van der Waals surface area contributed by atoms with Crippen molar-refractivity contribution in [2.45, 2.75) is 6.18 Å². The van der Waals surface area contributed by atoms with Crippen LogP contribution in [0.3, 0.4) is 0 Å². The Morgan fingerprint density at radius 1 is 1.10 bits per heavy atom. The summed E-state index contributed by atoms with van der Waals surface area (Å²) >= 11 is 0. The number of hydrogen-bond acceptors (Lipinski definition) is 5. The van der Waals surface area contributed by atoms with Gasteiger partial charge in [0.15, 0.2) is 5.83 Å². The molecule has 0 radical (unpaired) electrons.